The van der Waals surface area contributed by atoms with Gasteiger partial charge in [-0.2, -0.15) is 0 Å². The number of hydrogen-bond acceptors (Lipinski definition) is 2. The van der Waals surface area contributed by atoms with Crippen molar-refractivity contribution in [1.29, 1.82) is 0 Å². The van der Waals surface area contributed by atoms with Gasteiger partial charge in [-0.1, -0.05) is 60.7 Å². The van der Waals surface area contributed by atoms with E-state index in [2.05, 4.69) is 18.2 Å². The lowest BCUT2D eigenvalue weighted by molar-refractivity contribution is 0.173. The van der Waals surface area contributed by atoms with Gasteiger partial charge in [0.2, 0.25) is 0 Å². The largest absolute Gasteiger partial charge is 0.457 e. The zero-order chi connectivity index (χ0) is 15.6. The molecule has 0 fully saturated rings. The smallest absolute Gasteiger partial charge is 0.133 e. The Hall–Kier alpha value is -2.58. The van der Waals surface area contributed by atoms with Crippen molar-refractivity contribution in [2.45, 2.75) is 18.4 Å². The summed E-state index contributed by atoms with van der Waals surface area (Å²) in [7, 11) is 0. The van der Waals surface area contributed by atoms with E-state index in [0.29, 0.717) is 6.42 Å². The molecule has 0 aromatic heterocycles. The first kappa shape index (κ1) is 14.0. The van der Waals surface area contributed by atoms with E-state index in [-0.39, 0.29) is 5.92 Å². The predicted octanol–water partition coefficient (Wildman–Crippen LogP) is 5.05. The fourth-order valence-electron chi connectivity index (χ4n) is 3.40. The van der Waals surface area contributed by atoms with Crippen molar-refractivity contribution in [3.63, 3.8) is 0 Å². The summed E-state index contributed by atoms with van der Waals surface area (Å²) in [5.74, 6) is 1.76. The van der Waals surface area contributed by atoms with Crippen LogP contribution >= 0.6 is 0 Å². The number of hydrogen-bond donors (Lipinski definition) is 1. The number of benzene rings is 3. The van der Waals surface area contributed by atoms with E-state index in [1.807, 2.05) is 60.7 Å². The Morgan fingerprint density at radius 2 is 1.48 bits per heavy atom. The van der Waals surface area contributed by atoms with Crippen molar-refractivity contribution in [3.05, 3.63) is 95.6 Å². The van der Waals surface area contributed by atoms with Gasteiger partial charge in [0.15, 0.2) is 0 Å². The van der Waals surface area contributed by atoms with Crippen LogP contribution in [-0.4, -0.2) is 5.11 Å². The van der Waals surface area contributed by atoms with E-state index in [9.17, 15) is 5.11 Å². The molecule has 1 N–H and O–H groups in total. The van der Waals surface area contributed by atoms with Crippen molar-refractivity contribution in [2.24, 2.45) is 0 Å². The first-order valence-electron chi connectivity index (χ1n) is 7.91. The van der Waals surface area contributed by atoms with Crippen LogP contribution in [0.5, 0.6) is 11.5 Å². The maximum Gasteiger partial charge on any atom is 0.133 e. The molecular formula is C21H18O2. The molecule has 1 aliphatic rings. The second kappa shape index (κ2) is 5.90. The lowest BCUT2D eigenvalue weighted by Crippen LogP contribution is -1.96. The molecule has 2 heteroatoms. The molecule has 3 aromatic carbocycles. The zero-order valence-corrected chi connectivity index (χ0v) is 12.7. The quantitative estimate of drug-likeness (QED) is 0.733. The Bertz CT molecular complexity index is 797. The SMILES string of the molecule is O[C@@H]1C[C@H](c2ccccc2)c2cccc(Oc3ccccc3)c21. The Balaban J connectivity index is 1.74. The zero-order valence-electron chi connectivity index (χ0n) is 12.7. The Morgan fingerprint density at radius 1 is 0.783 bits per heavy atom. The highest BCUT2D eigenvalue weighted by molar-refractivity contribution is 5.52. The number of aliphatic hydroxyl groups excluding tert-OH is 1. The number of para-hydroxylation sites is 1. The van der Waals surface area contributed by atoms with Gasteiger partial charge in [0, 0.05) is 11.5 Å². The maximum absolute atomic E-state index is 10.6. The van der Waals surface area contributed by atoms with Crippen molar-refractivity contribution >= 4 is 0 Å². The van der Waals surface area contributed by atoms with Crippen molar-refractivity contribution in [2.75, 3.05) is 0 Å². The molecule has 0 bridgehead atoms. The molecule has 2 atom stereocenters. The molecule has 0 amide bonds. The minimum Gasteiger partial charge on any atom is -0.457 e. The topological polar surface area (TPSA) is 29.5 Å². The summed E-state index contributed by atoms with van der Waals surface area (Å²) in [6, 6.07) is 26.1. The molecule has 1 aliphatic carbocycles. The van der Waals surface area contributed by atoms with Crippen molar-refractivity contribution < 1.29 is 9.84 Å². The molecule has 4 rings (SSSR count). The van der Waals surface area contributed by atoms with E-state index in [0.717, 1.165) is 22.6 Å². The third-order valence-corrected chi connectivity index (χ3v) is 4.44. The van der Waals surface area contributed by atoms with Gasteiger partial charge >= 0.3 is 0 Å². The van der Waals surface area contributed by atoms with Crippen LogP contribution in [0.2, 0.25) is 0 Å². The molecule has 2 nitrogen and oxygen atoms in total. The molecule has 23 heavy (non-hydrogen) atoms. The normalized spacial score (nSPS) is 19.3. The highest BCUT2D eigenvalue weighted by Gasteiger charge is 2.33. The summed E-state index contributed by atoms with van der Waals surface area (Å²) in [5.41, 5.74) is 3.32. The summed E-state index contributed by atoms with van der Waals surface area (Å²) in [6.07, 6.45) is 0.212. The summed E-state index contributed by atoms with van der Waals surface area (Å²) in [4.78, 5) is 0. The van der Waals surface area contributed by atoms with Gasteiger partial charge in [-0.3, -0.25) is 0 Å². The van der Waals surface area contributed by atoms with Crippen LogP contribution in [0.3, 0.4) is 0 Å². The van der Waals surface area contributed by atoms with E-state index in [1.54, 1.807) is 0 Å². The van der Waals surface area contributed by atoms with Crippen LogP contribution < -0.4 is 4.74 Å². The molecule has 0 aliphatic heterocycles. The van der Waals surface area contributed by atoms with Gasteiger partial charge in [-0.05, 0) is 35.7 Å². The average molecular weight is 302 g/mol. The van der Waals surface area contributed by atoms with Crippen LogP contribution in [-0.2, 0) is 0 Å². The molecule has 0 radical (unpaired) electrons. The van der Waals surface area contributed by atoms with Crippen LogP contribution in [0.15, 0.2) is 78.9 Å². The van der Waals surface area contributed by atoms with Gasteiger partial charge in [-0.15, -0.1) is 0 Å². The number of aliphatic hydroxyl groups is 1. The number of fused-ring (bicyclic) bond motifs is 1. The molecule has 0 saturated heterocycles. The van der Waals surface area contributed by atoms with Crippen LogP contribution in [0, 0.1) is 0 Å². The first-order chi connectivity index (χ1) is 11.3. The predicted molar refractivity (Wildman–Crippen MR) is 90.8 cm³/mol. The van der Waals surface area contributed by atoms with Gasteiger partial charge in [0.1, 0.15) is 11.5 Å². The molecule has 0 spiro atoms. The first-order valence-corrected chi connectivity index (χ1v) is 7.91. The third kappa shape index (κ3) is 2.62. The third-order valence-electron chi connectivity index (χ3n) is 4.44. The van der Waals surface area contributed by atoms with Crippen molar-refractivity contribution in [3.8, 4) is 11.5 Å². The fourth-order valence-corrected chi connectivity index (χ4v) is 3.40. The van der Waals surface area contributed by atoms with Gasteiger partial charge in [0.25, 0.3) is 0 Å². The summed E-state index contributed by atoms with van der Waals surface area (Å²) in [6.45, 7) is 0. The Morgan fingerprint density at radius 3 is 2.22 bits per heavy atom. The average Bonchev–Trinajstić information content (AvgIpc) is 2.95. The van der Waals surface area contributed by atoms with Crippen molar-refractivity contribution in [1.82, 2.24) is 0 Å². The van der Waals surface area contributed by atoms with Gasteiger partial charge in [-0.25, -0.2) is 0 Å². The monoisotopic (exact) mass is 302 g/mol. The van der Waals surface area contributed by atoms with E-state index in [1.165, 1.54) is 5.56 Å². The Kier molecular flexibility index (Phi) is 3.60. The lowest BCUT2D eigenvalue weighted by Gasteiger charge is -2.14. The van der Waals surface area contributed by atoms with Gasteiger partial charge in [0.05, 0.1) is 6.10 Å². The lowest BCUT2D eigenvalue weighted by atomic mass is 9.93. The van der Waals surface area contributed by atoms with Crippen LogP contribution in [0.4, 0.5) is 0 Å². The Labute approximate surface area is 136 Å². The number of rotatable bonds is 3. The van der Waals surface area contributed by atoms with Gasteiger partial charge < -0.3 is 9.84 Å². The van der Waals surface area contributed by atoms with Crippen LogP contribution in [0.25, 0.3) is 0 Å². The highest BCUT2D eigenvalue weighted by Crippen LogP contribution is 2.48. The minimum atomic E-state index is -0.491. The maximum atomic E-state index is 10.6. The van der Waals surface area contributed by atoms with E-state index >= 15 is 0 Å². The molecule has 0 heterocycles. The molecule has 0 unspecified atom stereocenters. The molecule has 3 aromatic rings. The second-order valence-electron chi connectivity index (χ2n) is 5.89. The molecule has 114 valence electrons. The molecule has 0 saturated carbocycles. The van der Waals surface area contributed by atoms with E-state index < -0.39 is 6.10 Å². The highest BCUT2D eigenvalue weighted by atomic mass is 16.5. The summed E-state index contributed by atoms with van der Waals surface area (Å²) < 4.78 is 6.02. The van der Waals surface area contributed by atoms with E-state index in [4.69, 9.17) is 4.74 Å². The summed E-state index contributed by atoms with van der Waals surface area (Å²) >= 11 is 0. The minimum absolute atomic E-state index is 0.223. The fraction of sp³-hybridized carbons (Fsp3) is 0.143. The number of ether oxygens (including phenoxy) is 1. The summed E-state index contributed by atoms with van der Waals surface area (Å²) in [5, 5.41) is 10.6. The standard InChI is InChI=1S/C21H18O2/c22-19-14-18(15-8-3-1-4-9-15)17-12-7-13-20(21(17)19)23-16-10-5-2-6-11-16/h1-13,18-19,22H,14H2/t18-,19-/m1/s1. The van der Waals surface area contributed by atoms with Crippen LogP contribution in [0.1, 0.15) is 35.1 Å². The molecular weight excluding hydrogens is 284 g/mol. The second-order valence-corrected chi connectivity index (χ2v) is 5.89.